The summed E-state index contributed by atoms with van der Waals surface area (Å²) in [5.74, 6) is 1.05. The summed E-state index contributed by atoms with van der Waals surface area (Å²) in [6.07, 6.45) is 3.96. The summed E-state index contributed by atoms with van der Waals surface area (Å²) in [5.41, 5.74) is 1.29. The molecule has 2 aromatic rings. The first-order valence-corrected chi connectivity index (χ1v) is 10.4. The van der Waals surface area contributed by atoms with Crippen molar-refractivity contribution in [2.75, 3.05) is 13.7 Å². The van der Waals surface area contributed by atoms with Crippen LogP contribution in [0.2, 0.25) is 0 Å². The quantitative estimate of drug-likeness (QED) is 0.770. The van der Waals surface area contributed by atoms with Crippen molar-refractivity contribution < 1.29 is 14.3 Å². The second kappa shape index (κ2) is 9.64. The molecule has 0 aliphatic heterocycles. The van der Waals surface area contributed by atoms with Crippen LogP contribution in [0.4, 0.5) is 0 Å². The molecule has 0 radical (unpaired) electrons. The van der Waals surface area contributed by atoms with Gasteiger partial charge in [-0.1, -0.05) is 23.5 Å². The summed E-state index contributed by atoms with van der Waals surface area (Å²) in [6.45, 7) is 2.67. The van der Waals surface area contributed by atoms with E-state index in [1.807, 2.05) is 24.3 Å². The molecule has 8 heteroatoms. The van der Waals surface area contributed by atoms with Gasteiger partial charge in [0.05, 0.1) is 7.11 Å². The molecule has 150 valence electrons. The predicted octanol–water partition coefficient (Wildman–Crippen LogP) is 2.88. The zero-order valence-electron chi connectivity index (χ0n) is 16.3. The fraction of sp³-hybridized carbons (Fsp3) is 0.500. The van der Waals surface area contributed by atoms with Crippen LogP contribution >= 0.6 is 11.5 Å². The monoisotopic (exact) mass is 402 g/mol. The van der Waals surface area contributed by atoms with Crippen LogP contribution in [0.5, 0.6) is 5.75 Å². The molecule has 1 fully saturated rings. The molecular weight excluding hydrogens is 376 g/mol. The Balaban J connectivity index is 1.62. The van der Waals surface area contributed by atoms with Crippen LogP contribution in [0.1, 0.15) is 48.7 Å². The van der Waals surface area contributed by atoms with Crippen molar-refractivity contribution in [3.8, 4) is 5.75 Å². The number of nitrogens with one attached hydrogen (secondary N) is 1. The van der Waals surface area contributed by atoms with E-state index in [0.717, 1.165) is 48.5 Å². The van der Waals surface area contributed by atoms with Crippen molar-refractivity contribution >= 4 is 23.3 Å². The van der Waals surface area contributed by atoms with E-state index in [1.165, 1.54) is 0 Å². The molecule has 0 atom stereocenters. The van der Waals surface area contributed by atoms with Crippen molar-refractivity contribution in [2.45, 2.75) is 45.2 Å². The number of aromatic nitrogens is 2. The molecule has 1 aromatic heterocycles. The van der Waals surface area contributed by atoms with Crippen LogP contribution in [-0.2, 0) is 11.3 Å². The highest BCUT2D eigenvalue weighted by molar-refractivity contribution is 7.03. The van der Waals surface area contributed by atoms with Crippen molar-refractivity contribution in [3.63, 3.8) is 0 Å². The second-order valence-electron chi connectivity index (χ2n) is 7.26. The van der Waals surface area contributed by atoms with Gasteiger partial charge in [0.1, 0.15) is 12.3 Å². The van der Waals surface area contributed by atoms with Gasteiger partial charge in [-0.2, -0.15) is 0 Å². The summed E-state index contributed by atoms with van der Waals surface area (Å²) in [5, 5.41) is 8.44. The number of nitrogens with zero attached hydrogens (tertiary/aromatic N) is 3. The molecule has 0 bridgehead atoms. The van der Waals surface area contributed by atoms with Gasteiger partial charge in [0, 0.05) is 18.0 Å². The number of amides is 2. The van der Waals surface area contributed by atoms with Gasteiger partial charge in [0.2, 0.25) is 5.91 Å². The van der Waals surface area contributed by atoms with Gasteiger partial charge in [-0.25, -0.2) is 0 Å². The zero-order chi connectivity index (χ0) is 19.9. The molecule has 28 heavy (non-hydrogen) atoms. The second-order valence-corrected chi connectivity index (χ2v) is 7.87. The molecular formula is C20H26N4O3S. The van der Waals surface area contributed by atoms with Gasteiger partial charge in [-0.15, -0.1) is 5.10 Å². The van der Waals surface area contributed by atoms with E-state index in [-0.39, 0.29) is 24.4 Å². The number of rotatable bonds is 7. The molecule has 1 saturated carbocycles. The van der Waals surface area contributed by atoms with Gasteiger partial charge < -0.3 is 15.0 Å². The Hall–Kier alpha value is -2.48. The molecule has 1 N–H and O–H groups in total. The van der Waals surface area contributed by atoms with E-state index in [1.54, 1.807) is 17.4 Å². The third kappa shape index (κ3) is 5.28. The summed E-state index contributed by atoms with van der Waals surface area (Å²) in [4.78, 5) is 27.1. The topological polar surface area (TPSA) is 84.4 Å². The highest BCUT2D eigenvalue weighted by Crippen LogP contribution is 2.28. The number of benzene rings is 1. The number of methoxy groups -OCH3 is 1. The molecule has 1 aliphatic rings. The van der Waals surface area contributed by atoms with Crippen LogP contribution in [0.3, 0.4) is 0 Å². The van der Waals surface area contributed by atoms with E-state index in [0.29, 0.717) is 18.2 Å². The fourth-order valence-corrected chi connectivity index (χ4v) is 3.91. The van der Waals surface area contributed by atoms with Gasteiger partial charge in [0.15, 0.2) is 5.69 Å². The molecule has 1 heterocycles. The number of carbonyl (C=O) groups is 2. The highest BCUT2D eigenvalue weighted by Gasteiger charge is 2.30. The van der Waals surface area contributed by atoms with Gasteiger partial charge in [-0.3, -0.25) is 9.59 Å². The van der Waals surface area contributed by atoms with Crippen LogP contribution < -0.4 is 10.1 Å². The Morgan fingerprint density at radius 2 is 1.93 bits per heavy atom. The Labute approximate surface area is 169 Å². The lowest BCUT2D eigenvalue weighted by molar-refractivity contribution is -0.122. The number of carbonyl (C=O) groups excluding carboxylic acids is 2. The average molecular weight is 403 g/mol. The fourth-order valence-electron chi connectivity index (χ4n) is 3.48. The third-order valence-electron chi connectivity index (χ3n) is 5.23. The Morgan fingerprint density at radius 3 is 2.54 bits per heavy atom. The number of hydrogen-bond donors (Lipinski definition) is 1. The minimum absolute atomic E-state index is 0.0333. The normalized spacial score (nSPS) is 19.1. The molecule has 0 unspecified atom stereocenters. The maximum absolute atomic E-state index is 12.9. The van der Waals surface area contributed by atoms with Crippen LogP contribution in [0.15, 0.2) is 29.6 Å². The van der Waals surface area contributed by atoms with E-state index >= 15 is 0 Å². The standard InChI is InChI=1S/C20H26N4O3S/c1-14-3-7-16(8-4-14)24(20(26)18-13-28-23-22-18)12-19(25)21-11-15-5-9-17(27-2)10-6-15/h5-6,9-10,13-14,16H,3-4,7-8,11-12H2,1-2H3,(H,21,25). The van der Waals surface area contributed by atoms with Crippen molar-refractivity contribution in [2.24, 2.45) is 5.92 Å². The first kappa shape index (κ1) is 20.3. The predicted molar refractivity (Wildman–Crippen MR) is 107 cm³/mol. The number of hydrogen-bond acceptors (Lipinski definition) is 6. The lowest BCUT2D eigenvalue weighted by Gasteiger charge is -2.35. The van der Waals surface area contributed by atoms with Crippen LogP contribution in [-0.4, -0.2) is 46.0 Å². The van der Waals surface area contributed by atoms with Crippen LogP contribution in [0.25, 0.3) is 0 Å². The minimum atomic E-state index is -0.215. The molecule has 0 saturated heterocycles. The molecule has 7 nitrogen and oxygen atoms in total. The third-order valence-corrected chi connectivity index (χ3v) is 5.73. The van der Waals surface area contributed by atoms with Crippen LogP contribution in [0, 0.1) is 5.92 Å². The molecule has 0 spiro atoms. The number of ether oxygens (including phenoxy) is 1. The molecule has 1 aliphatic carbocycles. The van der Waals surface area contributed by atoms with Gasteiger partial charge >= 0.3 is 0 Å². The zero-order valence-corrected chi connectivity index (χ0v) is 17.1. The smallest absolute Gasteiger partial charge is 0.276 e. The van der Waals surface area contributed by atoms with E-state index < -0.39 is 0 Å². The summed E-state index contributed by atoms with van der Waals surface area (Å²) >= 11 is 1.14. The highest BCUT2D eigenvalue weighted by atomic mass is 32.1. The molecule has 2 amide bonds. The minimum Gasteiger partial charge on any atom is -0.497 e. The van der Waals surface area contributed by atoms with Crippen molar-refractivity contribution in [1.29, 1.82) is 0 Å². The van der Waals surface area contributed by atoms with E-state index in [2.05, 4.69) is 21.8 Å². The van der Waals surface area contributed by atoms with Crippen molar-refractivity contribution in [1.82, 2.24) is 19.8 Å². The van der Waals surface area contributed by atoms with Gasteiger partial charge in [0.25, 0.3) is 5.91 Å². The summed E-state index contributed by atoms with van der Waals surface area (Å²) in [7, 11) is 1.62. The SMILES string of the molecule is COc1ccc(CNC(=O)CN(C(=O)c2csnn2)C2CCC(C)CC2)cc1. The maximum atomic E-state index is 12.9. The first-order chi connectivity index (χ1) is 13.6. The summed E-state index contributed by atoms with van der Waals surface area (Å²) in [6, 6.07) is 7.60. The largest absolute Gasteiger partial charge is 0.497 e. The Bertz CT molecular complexity index is 771. The van der Waals surface area contributed by atoms with Gasteiger partial charge in [-0.05, 0) is 60.8 Å². The van der Waals surface area contributed by atoms with E-state index in [4.69, 9.17) is 4.74 Å². The molecule has 1 aromatic carbocycles. The average Bonchev–Trinajstić information content (AvgIpc) is 3.26. The van der Waals surface area contributed by atoms with E-state index in [9.17, 15) is 9.59 Å². The Kier molecular flexibility index (Phi) is 6.97. The Morgan fingerprint density at radius 1 is 1.21 bits per heavy atom. The first-order valence-electron chi connectivity index (χ1n) is 9.54. The lowest BCUT2D eigenvalue weighted by Crippen LogP contribution is -2.47. The maximum Gasteiger partial charge on any atom is 0.276 e. The van der Waals surface area contributed by atoms with Crippen molar-refractivity contribution in [3.05, 3.63) is 40.9 Å². The summed E-state index contributed by atoms with van der Waals surface area (Å²) < 4.78 is 8.93. The molecule has 3 rings (SSSR count). The lowest BCUT2D eigenvalue weighted by atomic mass is 9.86.